The molecule has 13 heteroatoms. The van der Waals surface area contributed by atoms with Gasteiger partial charge in [-0.1, -0.05) is 0 Å². The average molecular weight is 302 g/mol. The van der Waals surface area contributed by atoms with Gasteiger partial charge in [0.15, 0.2) is 0 Å². The molecule has 16 heavy (non-hydrogen) atoms. The van der Waals surface area contributed by atoms with Gasteiger partial charge in [-0.3, -0.25) is 18.6 Å². The monoisotopic (exact) mass is 302 g/mol. The van der Waals surface area contributed by atoms with Crippen molar-refractivity contribution in [2.75, 3.05) is 18.9 Å². The molecule has 0 rings (SSSR count). The molecule has 0 aromatic carbocycles. The van der Waals surface area contributed by atoms with Gasteiger partial charge in [0.2, 0.25) is 0 Å². The predicted octanol–water partition coefficient (Wildman–Crippen LogP) is -1.31. The van der Waals surface area contributed by atoms with E-state index in [4.69, 9.17) is 29.4 Å². The number of rotatable bonds is 6. The molecule has 0 heterocycles. The minimum atomic E-state index is -4.65. The van der Waals surface area contributed by atoms with E-state index in [1.165, 1.54) is 0 Å². The molecular weight excluding hydrogens is 290 g/mol. The Labute approximate surface area is 90.4 Å². The molecule has 0 saturated carbocycles. The molecule has 0 bridgehead atoms. The van der Waals surface area contributed by atoms with Crippen molar-refractivity contribution in [3.63, 3.8) is 0 Å². The average Bonchev–Trinajstić information content (AvgIpc) is 1.70. The van der Waals surface area contributed by atoms with Crippen LogP contribution in [-0.4, -0.2) is 53.1 Å². The summed E-state index contributed by atoms with van der Waals surface area (Å²) in [4.78, 5) is 51.6. The van der Waals surface area contributed by atoms with Crippen LogP contribution in [0.15, 0.2) is 0 Å². The predicted molar refractivity (Wildman–Crippen MR) is 52.6 cm³/mol. The minimum Gasteiger partial charge on any atom is -0.324 e. The Morgan fingerprint density at radius 3 is 0.938 bits per heavy atom. The molecule has 0 unspecified atom stereocenters. The third-order valence-corrected chi connectivity index (χ3v) is 3.46. The zero-order valence-electron chi connectivity index (χ0n) is 7.82. The van der Waals surface area contributed by atoms with Crippen molar-refractivity contribution >= 4 is 22.8 Å². The van der Waals surface area contributed by atoms with Gasteiger partial charge in [0.1, 0.15) is 18.9 Å². The first kappa shape index (κ1) is 16.4. The largest absolute Gasteiger partial charge is 0.339 e. The maximum Gasteiger partial charge on any atom is 0.339 e. The third kappa shape index (κ3) is 10.9. The number of hydrogen-bond acceptors (Lipinski definition) is 4. The van der Waals surface area contributed by atoms with E-state index in [-0.39, 0.29) is 0 Å². The van der Waals surface area contributed by atoms with Gasteiger partial charge >= 0.3 is 22.8 Å². The van der Waals surface area contributed by atoms with Crippen molar-refractivity contribution in [3.05, 3.63) is 0 Å². The lowest BCUT2D eigenvalue weighted by molar-refractivity contribution is 0.280. The highest BCUT2D eigenvalue weighted by Crippen LogP contribution is 2.45. The van der Waals surface area contributed by atoms with Crippen molar-refractivity contribution < 1.29 is 43.1 Å². The van der Waals surface area contributed by atoms with Crippen LogP contribution in [0.5, 0.6) is 0 Å². The summed E-state index contributed by atoms with van der Waals surface area (Å²) < 4.78 is 31.7. The van der Waals surface area contributed by atoms with E-state index in [2.05, 4.69) is 0 Å². The maximum atomic E-state index is 10.6. The fraction of sp³-hybridized carbons (Fsp3) is 1.00. The second-order valence-electron chi connectivity index (χ2n) is 3.09. The molecule has 6 N–H and O–H groups in total. The van der Waals surface area contributed by atoms with E-state index in [9.17, 15) is 13.7 Å². The second-order valence-corrected chi connectivity index (χ2v) is 7.93. The standard InChI is InChI=1S/C3H12NO9P3/c5-14(6,7)1-4(2-15(8,9)10)3-16(11,12)13/h1-3H2,(H2,5,6,7)(H2,8,9,10)(H2,11,12,13)/i1+1,2+1,3+1. The van der Waals surface area contributed by atoms with E-state index in [0.29, 0.717) is 4.90 Å². The Bertz CT molecular complexity index is 305. The molecule has 0 fully saturated rings. The summed E-state index contributed by atoms with van der Waals surface area (Å²) in [6, 6.07) is 0. The van der Waals surface area contributed by atoms with E-state index in [0.717, 1.165) is 0 Å². The van der Waals surface area contributed by atoms with Crippen molar-refractivity contribution in [1.82, 2.24) is 4.90 Å². The van der Waals surface area contributed by atoms with Crippen molar-refractivity contribution in [3.8, 4) is 0 Å². The SMILES string of the molecule is O=P(O)(O)[13CH2]N([13CH2]P(=O)(O)O)[13CH2]P(=O)(O)O. The molecule has 10 nitrogen and oxygen atoms in total. The van der Waals surface area contributed by atoms with Gasteiger partial charge < -0.3 is 29.4 Å². The lowest BCUT2D eigenvalue weighted by Crippen LogP contribution is -2.27. The molecular formula is C3H12NO9P3. The van der Waals surface area contributed by atoms with Gasteiger partial charge in [0.05, 0.1) is 0 Å². The second kappa shape index (κ2) is 5.37. The first-order valence-electron chi connectivity index (χ1n) is 3.65. The minimum absolute atomic E-state index is 0.336. The Kier molecular flexibility index (Phi) is 5.51. The van der Waals surface area contributed by atoms with Crippen LogP contribution < -0.4 is 0 Å². The fourth-order valence-electron chi connectivity index (χ4n) is 0.916. The van der Waals surface area contributed by atoms with E-state index in [1.807, 2.05) is 0 Å². The molecule has 0 atom stereocenters. The zero-order valence-corrected chi connectivity index (χ0v) is 10.5. The van der Waals surface area contributed by atoms with Gasteiger partial charge in [0.25, 0.3) is 0 Å². The Balaban J connectivity index is 4.72. The lowest BCUT2D eigenvalue weighted by atomic mass is 11.7. The van der Waals surface area contributed by atoms with Gasteiger partial charge in [-0.2, -0.15) is 0 Å². The van der Waals surface area contributed by atoms with Crippen LogP contribution >= 0.6 is 22.8 Å². The van der Waals surface area contributed by atoms with Crippen molar-refractivity contribution in [2.45, 2.75) is 0 Å². The van der Waals surface area contributed by atoms with Crippen LogP contribution in [0.4, 0.5) is 0 Å². The van der Waals surface area contributed by atoms with Crippen molar-refractivity contribution in [1.29, 1.82) is 0 Å². The van der Waals surface area contributed by atoms with Crippen LogP contribution in [-0.2, 0) is 13.7 Å². The lowest BCUT2D eigenvalue weighted by Gasteiger charge is -2.22. The number of hydrogen-bond donors (Lipinski definition) is 6. The summed E-state index contributed by atoms with van der Waals surface area (Å²) in [5.41, 5.74) is 0. The van der Waals surface area contributed by atoms with Gasteiger partial charge in [-0.05, 0) is 0 Å². The summed E-state index contributed by atoms with van der Waals surface area (Å²) >= 11 is 0. The van der Waals surface area contributed by atoms with Crippen LogP contribution in [0.2, 0.25) is 0 Å². The molecule has 0 aromatic rings. The number of nitrogens with zero attached hydrogens (tertiary/aromatic N) is 1. The zero-order chi connectivity index (χ0) is 13.2. The Morgan fingerprint density at radius 2 is 0.812 bits per heavy atom. The van der Waals surface area contributed by atoms with Crippen molar-refractivity contribution in [2.24, 2.45) is 0 Å². The molecule has 0 amide bonds. The van der Waals surface area contributed by atoms with E-state index >= 15 is 0 Å². The molecule has 0 aliphatic heterocycles. The summed E-state index contributed by atoms with van der Waals surface area (Å²) in [6.07, 6.45) is -3.41. The fourth-order valence-corrected chi connectivity index (χ4v) is 3.55. The Morgan fingerprint density at radius 1 is 0.625 bits per heavy atom. The van der Waals surface area contributed by atoms with Crippen LogP contribution in [0.1, 0.15) is 0 Å². The molecule has 0 radical (unpaired) electrons. The summed E-state index contributed by atoms with van der Waals surface area (Å²) in [5, 5.41) is 0. The summed E-state index contributed by atoms with van der Waals surface area (Å²) in [6.45, 7) is 0. The topological polar surface area (TPSA) is 176 Å². The highest BCUT2D eigenvalue weighted by molar-refractivity contribution is 7.53. The van der Waals surface area contributed by atoms with Gasteiger partial charge in [0, 0.05) is 0 Å². The maximum absolute atomic E-state index is 10.6. The molecule has 98 valence electrons. The van der Waals surface area contributed by atoms with E-state index < -0.39 is 41.6 Å². The van der Waals surface area contributed by atoms with E-state index in [1.54, 1.807) is 0 Å². The molecule has 0 aromatic heterocycles. The smallest absolute Gasteiger partial charge is 0.324 e. The first-order valence-corrected chi connectivity index (χ1v) is 9.04. The molecule has 0 aliphatic rings. The van der Waals surface area contributed by atoms with Crippen LogP contribution in [0.25, 0.3) is 0 Å². The first-order chi connectivity index (χ1) is 6.79. The highest BCUT2D eigenvalue weighted by atomic mass is 31.2. The Hall–Kier alpha value is 0.410. The molecule has 0 aliphatic carbocycles. The quantitative estimate of drug-likeness (QED) is 0.255. The van der Waals surface area contributed by atoms with Crippen LogP contribution in [0.3, 0.4) is 0 Å². The van der Waals surface area contributed by atoms with Gasteiger partial charge in [-0.25, -0.2) is 0 Å². The summed E-state index contributed by atoms with van der Waals surface area (Å²) in [7, 11) is -14.0. The summed E-state index contributed by atoms with van der Waals surface area (Å²) in [5.74, 6) is 0. The normalized spacial score (nSPS) is 14.4. The third-order valence-electron chi connectivity index (χ3n) is 1.15. The van der Waals surface area contributed by atoms with Gasteiger partial charge in [-0.15, -0.1) is 0 Å². The molecule has 0 spiro atoms. The highest BCUT2D eigenvalue weighted by Gasteiger charge is 2.30. The van der Waals surface area contributed by atoms with Crippen LogP contribution in [0, 0.1) is 0 Å². The molecule has 0 saturated heterocycles.